The number of rotatable bonds is 26. The number of likely N-dealkylation sites (N-methyl/N-ethyl adjacent to an activating group) is 1. The lowest BCUT2D eigenvalue weighted by molar-refractivity contribution is -0.137. The van der Waals surface area contributed by atoms with E-state index in [9.17, 15) is 33.6 Å². The number of unbranched alkanes of at least 4 members (excludes halogenated alkanes) is 1. The van der Waals surface area contributed by atoms with Crippen molar-refractivity contribution in [2.75, 3.05) is 71.5 Å². The fourth-order valence-corrected chi connectivity index (χ4v) is 7.62. The van der Waals surface area contributed by atoms with Gasteiger partial charge in [-0.15, -0.1) is 0 Å². The lowest BCUT2D eigenvalue weighted by atomic mass is 9.91. The van der Waals surface area contributed by atoms with Crippen LogP contribution in [0.15, 0.2) is 40.7 Å². The number of nitrogens with zero attached hydrogens (tertiary/aromatic N) is 5. The number of carbonyl (C=O) groups excluding carboxylic acids is 7. The number of carbonyl (C=O) groups is 7. The zero-order chi connectivity index (χ0) is 48.9. The lowest BCUT2D eigenvalue weighted by Crippen LogP contribution is -2.58. The Morgan fingerprint density at radius 2 is 1.66 bits per heavy atom. The third-order valence-electron chi connectivity index (χ3n) is 11.6. The van der Waals surface area contributed by atoms with E-state index in [2.05, 4.69) is 46.5 Å². The molecule has 6 atom stereocenters. The Balaban J connectivity index is 1.39. The van der Waals surface area contributed by atoms with Gasteiger partial charge in [-0.05, 0) is 62.8 Å². The maximum Gasteiger partial charge on any atom is 0.407 e. The first-order valence-corrected chi connectivity index (χ1v) is 22.7. The summed E-state index contributed by atoms with van der Waals surface area (Å²) in [5, 5.41) is 13.5. The zero-order valence-corrected chi connectivity index (χ0v) is 38.9. The smallest absolute Gasteiger partial charge is 0.407 e. The van der Waals surface area contributed by atoms with Gasteiger partial charge in [-0.2, -0.15) is 0 Å². The normalized spacial score (nSPS) is 16.6. The first-order valence-electron chi connectivity index (χ1n) is 22.7. The fraction of sp³-hybridized carbons (Fsp3) is 0.591. The highest BCUT2D eigenvalue weighted by Gasteiger charge is 2.35. The number of alkyl carbamates (subject to hydrolysis) is 1. The third kappa shape index (κ3) is 16.3. The van der Waals surface area contributed by atoms with Crippen LogP contribution < -0.4 is 48.7 Å². The molecule has 0 spiro atoms. The van der Waals surface area contributed by atoms with Crippen molar-refractivity contribution in [1.29, 1.82) is 0 Å². The molecule has 67 heavy (non-hydrogen) atoms. The minimum atomic E-state index is -1.09. The van der Waals surface area contributed by atoms with Crippen LogP contribution in [0.2, 0.25) is 0 Å². The van der Waals surface area contributed by atoms with Crippen LogP contribution in [0.4, 0.5) is 16.2 Å². The molecule has 0 radical (unpaired) electrons. The fourth-order valence-electron chi connectivity index (χ4n) is 7.62. The minimum absolute atomic E-state index is 0.0197. The van der Waals surface area contributed by atoms with Gasteiger partial charge < -0.3 is 68.0 Å². The number of methoxy groups -OCH3 is 1. The van der Waals surface area contributed by atoms with Gasteiger partial charge in [0.25, 0.3) is 0 Å². The van der Waals surface area contributed by atoms with Crippen molar-refractivity contribution in [2.45, 2.75) is 89.4 Å². The highest BCUT2D eigenvalue weighted by molar-refractivity contribution is 6.14. The second-order valence-electron chi connectivity index (χ2n) is 16.5. The number of fused-ring (bicyclic) bond motifs is 1. The Kier molecular flexibility index (Phi) is 21.5. The highest BCUT2D eigenvalue weighted by atomic mass is 16.6. The first-order chi connectivity index (χ1) is 32.2. The SMILES string of the molecule is CC[C@H](C)[C@H](NC(=O)OCCOC)C(=O)N[C@@H](CCCCN)C(=O)N1CCN(c2ccc3c(c2)C(=O)C(CC(=O)N[C@@H](CCCN=C(N)N)C(=O)N[C@@H](Cc2cnc[nH]2)C(=O)NC)C=N3)CC1. The van der Waals surface area contributed by atoms with Crippen molar-refractivity contribution < 1.29 is 43.0 Å². The lowest BCUT2D eigenvalue weighted by Gasteiger charge is -2.38. The molecule has 3 heterocycles. The topological polar surface area (TPSA) is 336 Å². The van der Waals surface area contributed by atoms with E-state index in [1.165, 1.54) is 32.9 Å². The number of aliphatic imine (C=N–C) groups is 2. The Morgan fingerprint density at radius 3 is 2.31 bits per heavy atom. The molecule has 1 saturated heterocycles. The van der Waals surface area contributed by atoms with E-state index in [0.29, 0.717) is 81.8 Å². The Bertz CT molecular complexity index is 2040. The third-order valence-corrected chi connectivity index (χ3v) is 11.6. The molecule has 0 bridgehead atoms. The summed E-state index contributed by atoms with van der Waals surface area (Å²) in [7, 11) is 2.93. The molecular formula is C44H68N14O9. The summed E-state index contributed by atoms with van der Waals surface area (Å²) in [4.78, 5) is 113. The number of piperazine rings is 1. The number of benzene rings is 1. The molecule has 6 amide bonds. The maximum atomic E-state index is 14.0. The van der Waals surface area contributed by atoms with Gasteiger partial charge in [0.05, 0.1) is 24.5 Å². The van der Waals surface area contributed by atoms with E-state index in [-0.39, 0.29) is 62.6 Å². The van der Waals surface area contributed by atoms with Gasteiger partial charge in [0.15, 0.2) is 11.7 Å². The van der Waals surface area contributed by atoms with Crippen LogP contribution in [0.1, 0.15) is 74.8 Å². The quantitative estimate of drug-likeness (QED) is 0.0323. The number of imidazole rings is 1. The van der Waals surface area contributed by atoms with Crippen molar-refractivity contribution in [3.05, 3.63) is 42.0 Å². The number of H-pyrrole nitrogens is 1. The molecule has 1 fully saturated rings. The number of aromatic amines is 1. The van der Waals surface area contributed by atoms with Crippen molar-refractivity contribution >= 4 is 65.0 Å². The zero-order valence-electron chi connectivity index (χ0n) is 38.9. The molecule has 1 unspecified atom stereocenters. The van der Waals surface area contributed by atoms with Crippen molar-refractivity contribution in [3.8, 4) is 0 Å². The van der Waals surface area contributed by atoms with Crippen LogP contribution in [0.25, 0.3) is 0 Å². The molecule has 0 saturated carbocycles. The van der Waals surface area contributed by atoms with E-state index in [1.807, 2.05) is 24.8 Å². The predicted octanol–water partition coefficient (Wildman–Crippen LogP) is -0.624. The number of ether oxygens (including phenoxy) is 2. The summed E-state index contributed by atoms with van der Waals surface area (Å²) in [5.41, 5.74) is 18.8. The van der Waals surface area contributed by atoms with Gasteiger partial charge in [0.2, 0.25) is 29.5 Å². The standard InChI is InChI=1S/C44H68N14O9/c1-5-27(2)37(56-44(65)67-20-19-66-4)41(63)54-34(9-6-7-13-45)42(64)58-17-15-57(16-18-58)30-11-12-32-31(23-30)38(60)28(24-51-32)21-36(59)53-33(10-8-14-50-43(46)47)40(62)55-35(39(61)48-3)22-29-25-49-26-52-29/h11-12,23-28,33-35,37H,5-10,13-22,45H2,1-4H3,(H,48,61)(H,49,52)(H,53,59)(H,54,63)(H,55,62)(H,56,65)(H4,46,47,50)/t27-,28?,33-,34-,35-,37-/m0/s1. The largest absolute Gasteiger partial charge is 0.447 e. The van der Waals surface area contributed by atoms with Crippen LogP contribution in [0, 0.1) is 11.8 Å². The molecule has 368 valence electrons. The second kappa shape index (κ2) is 27.1. The van der Waals surface area contributed by atoms with Crippen LogP contribution in [0.5, 0.6) is 0 Å². The van der Waals surface area contributed by atoms with Crippen LogP contribution in [-0.2, 0) is 39.9 Å². The molecule has 23 heteroatoms. The van der Waals surface area contributed by atoms with Gasteiger partial charge in [-0.1, -0.05) is 20.3 Å². The number of ketones is 1. The number of nitrogens with two attached hydrogens (primary N) is 3. The van der Waals surface area contributed by atoms with Crippen molar-refractivity contribution in [1.82, 2.24) is 41.5 Å². The Hall–Kier alpha value is -6.62. The van der Waals surface area contributed by atoms with E-state index < -0.39 is 59.8 Å². The summed E-state index contributed by atoms with van der Waals surface area (Å²) in [6, 6.07) is 1.45. The average Bonchev–Trinajstić information content (AvgIpc) is 3.84. The van der Waals surface area contributed by atoms with Gasteiger partial charge in [-0.3, -0.25) is 38.8 Å². The number of guanidine groups is 1. The summed E-state index contributed by atoms with van der Waals surface area (Å²) >= 11 is 0. The van der Waals surface area contributed by atoms with Gasteiger partial charge in [0.1, 0.15) is 30.8 Å². The molecular weight excluding hydrogens is 869 g/mol. The number of hydrogen-bond donors (Lipinski definition) is 9. The summed E-state index contributed by atoms with van der Waals surface area (Å²) in [5.74, 6) is -4.01. The second-order valence-corrected chi connectivity index (χ2v) is 16.5. The molecule has 4 rings (SSSR count). The molecule has 23 nitrogen and oxygen atoms in total. The summed E-state index contributed by atoms with van der Waals surface area (Å²) in [6.45, 7) is 6.10. The Labute approximate surface area is 390 Å². The van der Waals surface area contributed by atoms with E-state index >= 15 is 0 Å². The van der Waals surface area contributed by atoms with Crippen LogP contribution in [0.3, 0.4) is 0 Å². The van der Waals surface area contributed by atoms with E-state index in [0.717, 1.165) is 5.69 Å². The number of hydrogen-bond acceptors (Lipinski definition) is 14. The number of amides is 6. The first kappa shape index (κ1) is 53.0. The van der Waals surface area contributed by atoms with E-state index in [1.54, 1.807) is 17.0 Å². The molecule has 1 aromatic heterocycles. The number of anilines is 1. The molecule has 2 aromatic rings. The molecule has 2 aliphatic heterocycles. The van der Waals surface area contributed by atoms with Crippen molar-refractivity contribution in [2.24, 2.45) is 39.0 Å². The van der Waals surface area contributed by atoms with Gasteiger partial charge in [0, 0.05) is 89.1 Å². The van der Waals surface area contributed by atoms with Crippen molar-refractivity contribution in [3.63, 3.8) is 0 Å². The minimum Gasteiger partial charge on any atom is -0.447 e. The predicted molar refractivity (Wildman–Crippen MR) is 250 cm³/mol. The summed E-state index contributed by atoms with van der Waals surface area (Å²) in [6.07, 6.45) is 6.14. The molecule has 0 aliphatic carbocycles. The number of aromatic nitrogens is 2. The summed E-state index contributed by atoms with van der Waals surface area (Å²) < 4.78 is 10.1. The van der Waals surface area contributed by atoms with E-state index in [4.69, 9.17) is 26.7 Å². The average molecular weight is 937 g/mol. The van der Waals surface area contributed by atoms with Gasteiger partial charge in [-0.25, -0.2) is 9.78 Å². The van der Waals surface area contributed by atoms with Crippen LogP contribution in [-0.4, -0.2) is 159 Å². The maximum absolute atomic E-state index is 14.0. The molecule has 1 aromatic carbocycles. The number of Topliss-reactive ketones (excluding diaryl/α,β-unsaturated/α-hetero) is 1. The Morgan fingerprint density at radius 1 is 0.925 bits per heavy atom. The van der Waals surface area contributed by atoms with Gasteiger partial charge >= 0.3 is 6.09 Å². The van der Waals surface area contributed by atoms with Crippen LogP contribution >= 0.6 is 0 Å². The number of nitrogens with one attached hydrogen (secondary N) is 6. The highest BCUT2D eigenvalue weighted by Crippen LogP contribution is 2.32. The monoisotopic (exact) mass is 937 g/mol. The molecule has 12 N–H and O–H groups in total. The molecule has 2 aliphatic rings.